The lowest BCUT2D eigenvalue weighted by molar-refractivity contribution is -0.134. The summed E-state index contributed by atoms with van der Waals surface area (Å²) in [6.07, 6.45) is 3.32. The van der Waals surface area contributed by atoms with Crippen LogP contribution in [0.15, 0.2) is 47.3 Å². The second-order valence-corrected chi connectivity index (χ2v) is 13.1. The molecule has 13 heteroatoms. The number of aromatic nitrogens is 3. The van der Waals surface area contributed by atoms with Crippen LogP contribution in [-0.2, 0) is 11.2 Å². The number of nitrogen functional groups attached to an aromatic ring is 1. The van der Waals surface area contributed by atoms with Gasteiger partial charge in [-0.15, -0.1) is 5.10 Å². The average Bonchev–Trinajstić information content (AvgIpc) is 3.48. The molecule has 3 aromatic rings. The maximum absolute atomic E-state index is 14.0. The van der Waals surface area contributed by atoms with E-state index in [2.05, 4.69) is 25.6 Å². The molecule has 6 rings (SSSR count). The van der Waals surface area contributed by atoms with E-state index in [1.807, 2.05) is 48.2 Å². The van der Waals surface area contributed by atoms with Crippen molar-refractivity contribution in [2.45, 2.75) is 57.2 Å². The number of likely N-dealkylation sites (tertiary alicyclic amines) is 2. The van der Waals surface area contributed by atoms with E-state index in [9.17, 15) is 14.4 Å². The molecule has 3 aliphatic rings. The minimum absolute atomic E-state index is 0.0795. The maximum atomic E-state index is 14.0. The number of amides is 3. The third kappa shape index (κ3) is 7.24. The normalized spacial score (nSPS) is 19.3. The van der Waals surface area contributed by atoms with Gasteiger partial charge in [0.25, 0.3) is 0 Å². The van der Waals surface area contributed by atoms with Crippen molar-refractivity contribution in [1.29, 1.82) is 0 Å². The molecule has 3 saturated heterocycles. The van der Waals surface area contributed by atoms with Crippen molar-refractivity contribution in [1.82, 2.24) is 40.1 Å². The molecular weight excluding hydrogens is 606 g/mol. The van der Waals surface area contributed by atoms with E-state index in [1.54, 1.807) is 11.0 Å². The van der Waals surface area contributed by atoms with Crippen molar-refractivity contribution in [2.75, 3.05) is 58.1 Å². The number of nitrogens with zero attached hydrogens (tertiary/aromatic N) is 5. The van der Waals surface area contributed by atoms with Gasteiger partial charge in [-0.3, -0.25) is 14.7 Å². The van der Waals surface area contributed by atoms with E-state index in [0.717, 1.165) is 55.7 Å². The molecule has 12 nitrogen and oxygen atoms in total. The van der Waals surface area contributed by atoms with Crippen LogP contribution in [0.1, 0.15) is 42.9 Å². The zero-order chi connectivity index (χ0) is 32.2. The molecule has 0 unspecified atom stereocenters. The number of urea groups is 1. The molecule has 3 fully saturated rings. The highest BCUT2D eigenvalue weighted by Gasteiger charge is 2.34. The third-order valence-electron chi connectivity index (χ3n) is 9.66. The number of carbonyl (C=O) groups is 2. The van der Waals surface area contributed by atoms with Gasteiger partial charge in [0.15, 0.2) is 5.82 Å². The number of carbonyl (C=O) groups excluding carboxylic acids is 2. The van der Waals surface area contributed by atoms with Crippen LogP contribution in [0.5, 0.6) is 0 Å². The van der Waals surface area contributed by atoms with Crippen molar-refractivity contribution in [3.8, 4) is 11.4 Å². The number of hydrogen-bond donors (Lipinski definition) is 4. The van der Waals surface area contributed by atoms with Gasteiger partial charge in [-0.05, 0) is 49.8 Å². The van der Waals surface area contributed by atoms with Crippen LogP contribution in [0.25, 0.3) is 11.4 Å². The van der Waals surface area contributed by atoms with Gasteiger partial charge in [0.1, 0.15) is 6.04 Å². The van der Waals surface area contributed by atoms with Crippen LogP contribution in [0, 0.1) is 6.92 Å². The van der Waals surface area contributed by atoms with Gasteiger partial charge < -0.3 is 26.2 Å². The van der Waals surface area contributed by atoms with E-state index < -0.39 is 6.04 Å². The van der Waals surface area contributed by atoms with Crippen molar-refractivity contribution in [2.24, 2.45) is 0 Å². The van der Waals surface area contributed by atoms with Gasteiger partial charge in [0, 0.05) is 70.4 Å². The topological polar surface area (TPSA) is 145 Å². The fourth-order valence-corrected chi connectivity index (χ4v) is 7.25. The largest absolute Gasteiger partial charge is 0.397 e. The predicted molar refractivity (Wildman–Crippen MR) is 179 cm³/mol. The number of benzene rings is 2. The van der Waals surface area contributed by atoms with Crippen LogP contribution in [0.2, 0.25) is 5.02 Å². The number of aromatic amines is 1. The van der Waals surface area contributed by atoms with Gasteiger partial charge in [-0.2, -0.15) is 0 Å². The Bertz CT molecular complexity index is 1550. The Morgan fingerprint density at radius 2 is 1.63 bits per heavy atom. The Labute approximate surface area is 274 Å². The lowest BCUT2D eigenvalue weighted by atomic mass is 9.98. The maximum Gasteiger partial charge on any atom is 0.343 e. The molecule has 246 valence electrons. The Kier molecular flexibility index (Phi) is 9.95. The molecule has 3 aliphatic heterocycles. The zero-order valence-electron chi connectivity index (χ0n) is 26.4. The first-order valence-electron chi connectivity index (χ1n) is 16.3. The van der Waals surface area contributed by atoms with E-state index in [4.69, 9.17) is 17.3 Å². The SMILES string of the molecule is Cc1cc(C[C@@H](NC(=O)N2CCC(n3nc(-c4ccccc4)[nH]c3=O)CC2)C(=O)N2CCC(N3CCNCC3)CC2)cc(Cl)c1N. The van der Waals surface area contributed by atoms with E-state index in [-0.39, 0.29) is 23.7 Å². The molecule has 0 aliphatic carbocycles. The van der Waals surface area contributed by atoms with Crippen LogP contribution >= 0.6 is 11.6 Å². The van der Waals surface area contributed by atoms with Crippen molar-refractivity contribution in [3.05, 3.63) is 69.1 Å². The zero-order valence-corrected chi connectivity index (χ0v) is 27.1. The molecule has 0 saturated carbocycles. The van der Waals surface area contributed by atoms with Gasteiger partial charge in [0.05, 0.1) is 16.8 Å². The molecule has 0 radical (unpaired) electrons. The number of aryl methyl sites for hydroxylation is 1. The summed E-state index contributed by atoms with van der Waals surface area (Å²) in [5, 5.41) is 11.5. The standard InChI is InChI=1S/C33H44ClN9O3/c1-22-19-23(20-27(34)29(22)35)21-28(31(44)41-13-7-25(8-14-41)40-17-11-36-12-18-40)37-32(45)42-15-9-26(10-16-42)43-33(46)38-30(39-43)24-5-3-2-4-6-24/h2-6,19-20,25-26,28,36H,7-18,21,35H2,1H3,(H,37,45)(H,38,39,46)/t28-/m1/s1. The Balaban J connectivity index is 1.11. The van der Waals surface area contributed by atoms with Crippen molar-refractivity contribution in [3.63, 3.8) is 0 Å². The summed E-state index contributed by atoms with van der Waals surface area (Å²) in [5.41, 5.74) is 8.87. The van der Waals surface area contributed by atoms with Gasteiger partial charge in [-0.25, -0.2) is 14.3 Å². The second kappa shape index (κ2) is 14.3. The first-order valence-corrected chi connectivity index (χ1v) is 16.7. The number of halogens is 1. The lowest BCUT2D eigenvalue weighted by Crippen LogP contribution is -2.57. The first kappa shape index (κ1) is 32.1. The predicted octanol–water partition coefficient (Wildman–Crippen LogP) is 2.64. The summed E-state index contributed by atoms with van der Waals surface area (Å²) in [6.45, 7) is 8.18. The third-order valence-corrected chi connectivity index (χ3v) is 9.97. The van der Waals surface area contributed by atoms with E-state index in [1.165, 1.54) is 4.68 Å². The summed E-state index contributed by atoms with van der Waals surface area (Å²) in [5.74, 6) is 0.450. The molecule has 1 atom stereocenters. The van der Waals surface area contributed by atoms with Gasteiger partial charge >= 0.3 is 11.7 Å². The lowest BCUT2D eigenvalue weighted by Gasteiger charge is -2.41. The van der Waals surface area contributed by atoms with Crippen molar-refractivity contribution < 1.29 is 9.59 Å². The summed E-state index contributed by atoms with van der Waals surface area (Å²) < 4.78 is 1.50. The number of anilines is 1. The highest BCUT2D eigenvalue weighted by Crippen LogP contribution is 2.26. The number of piperazine rings is 1. The van der Waals surface area contributed by atoms with Crippen molar-refractivity contribution >= 4 is 29.2 Å². The quantitative estimate of drug-likeness (QED) is 0.288. The minimum Gasteiger partial charge on any atom is -0.397 e. The van der Waals surface area contributed by atoms with Gasteiger partial charge in [0.2, 0.25) is 5.91 Å². The number of H-pyrrole nitrogens is 1. The molecule has 0 spiro atoms. The summed E-state index contributed by atoms with van der Waals surface area (Å²) in [4.78, 5) is 49.4. The van der Waals surface area contributed by atoms with E-state index >= 15 is 0 Å². The number of rotatable bonds is 7. The molecule has 2 aromatic carbocycles. The number of nitrogens with two attached hydrogens (primary N) is 1. The molecule has 4 heterocycles. The van der Waals surface area contributed by atoms with Crippen LogP contribution in [-0.4, -0.2) is 106 Å². The smallest absolute Gasteiger partial charge is 0.343 e. The highest BCUT2D eigenvalue weighted by molar-refractivity contribution is 6.33. The minimum atomic E-state index is -0.748. The van der Waals surface area contributed by atoms with Gasteiger partial charge in [-0.1, -0.05) is 48.0 Å². The van der Waals surface area contributed by atoms with Crippen LogP contribution < -0.4 is 22.1 Å². The molecule has 1 aromatic heterocycles. The monoisotopic (exact) mass is 649 g/mol. The highest BCUT2D eigenvalue weighted by atomic mass is 35.5. The summed E-state index contributed by atoms with van der Waals surface area (Å²) in [7, 11) is 0. The number of piperidine rings is 2. The Morgan fingerprint density at radius 3 is 2.30 bits per heavy atom. The van der Waals surface area contributed by atoms with Crippen LogP contribution in [0.4, 0.5) is 10.5 Å². The summed E-state index contributed by atoms with van der Waals surface area (Å²) in [6, 6.07) is 12.6. The number of hydrogen-bond acceptors (Lipinski definition) is 7. The fourth-order valence-electron chi connectivity index (χ4n) is 6.96. The first-order chi connectivity index (χ1) is 22.3. The second-order valence-electron chi connectivity index (χ2n) is 12.7. The Morgan fingerprint density at radius 1 is 0.978 bits per heavy atom. The average molecular weight is 650 g/mol. The molecule has 46 heavy (non-hydrogen) atoms. The number of nitrogens with one attached hydrogen (secondary N) is 3. The van der Waals surface area contributed by atoms with E-state index in [0.29, 0.717) is 68.0 Å². The summed E-state index contributed by atoms with van der Waals surface area (Å²) >= 11 is 6.40. The Hall–Kier alpha value is -3.87. The molecule has 3 amide bonds. The fraction of sp³-hybridized carbons (Fsp3) is 0.515. The van der Waals surface area contributed by atoms with Crippen LogP contribution in [0.3, 0.4) is 0 Å². The molecule has 5 N–H and O–H groups in total. The molecular formula is C33H44ClN9O3. The molecule has 0 bridgehead atoms.